The van der Waals surface area contributed by atoms with Crippen molar-refractivity contribution in [1.29, 1.82) is 0 Å². The molecule has 7 heteroatoms. The fraction of sp³-hybridized carbons (Fsp3) is 0.500. The van der Waals surface area contributed by atoms with E-state index in [1.807, 2.05) is 27.7 Å². The normalized spacial score (nSPS) is 19.0. The molecule has 1 fully saturated rings. The monoisotopic (exact) mass is 350 g/mol. The fourth-order valence-electron chi connectivity index (χ4n) is 2.19. The van der Waals surface area contributed by atoms with Crippen molar-refractivity contribution < 1.29 is 28.0 Å². The van der Waals surface area contributed by atoms with E-state index >= 15 is 0 Å². The van der Waals surface area contributed by atoms with E-state index in [2.05, 4.69) is 0 Å². The fourth-order valence-corrected chi connectivity index (χ4v) is 2.19. The summed E-state index contributed by atoms with van der Waals surface area (Å²) in [5.41, 5.74) is -1.05. The number of esters is 1. The highest BCUT2D eigenvalue weighted by atomic mass is 19.1. The van der Waals surface area contributed by atoms with E-state index in [1.54, 1.807) is 31.2 Å². The molecule has 0 bridgehead atoms. The third-order valence-electron chi connectivity index (χ3n) is 4.33. The summed E-state index contributed by atoms with van der Waals surface area (Å²) < 4.78 is 35.9. The molecule has 0 radical (unpaired) electrons. The Morgan fingerprint density at radius 2 is 1.72 bits per heavy atom. The van der Waals surface area contributed by atoms with Gasteiger partial charge in [-0.05, 0) is 58.4 Å². The van der Waals surface area contributed by atoms with Crippen LogP contribution in [0, 0.1) is 0 Å². The Morgan fingerprint density at radius 3 is 2.24 bits per heavy atom. The quantitative estimate of drug-likeness (QED) is 0.580. The summed E-state index contributed by atoms with van der Waals surface area (Å²) >= 11 is 0. The lowest BCUT2D eigenvalue weighted by Gasteiger charge is -2.32. The molecule has 1 aromatic carbocycles. The smallest absolute Gasteiger partial charge is 0.482 e. The molecule has 1 heterocycles. The summed E-state index contributed by atoms with van der Waals surface area (Å²) in [6.07, 6.45) is 1.36. The molecule has 25 heavy (non-hydrogen) atoms. The maximum Gasteiger partial charge on any atom is 0.525 e. The first-order chi connectivity index (χ1) is 11.6. The van der Waals surface area contributed by atoms with Crippen molar-refractivity contribution in [2.45, 2.75) is 45.8 Å². The predicted octanol–water partition coefficient (Wildman–Crippen LogP) is 3.57. The van der Waals surface area contributed by atoms with Crippen molar-refractivity contribution in [3.05, 3.63) is 35.6 Å². The summed E-state index contributed by atoms with van der Waals surface area (Å²) in [6.45, 7) is 9.36. The maximum absolute atomic E-state index is 14.4. The molecule has 0 amide bonds. The Balaban J connectivity index is 1.98. The molecule has 0 saturated carbocycles. The molecule has 0 aromatic heterocycles. The highest BCUT2D eigenvalue weighted by Crippen LogP contribution is 2.39. The van der Waals surface area contributed by atoms with Gasteiger partial charge in [-0.1, -0.05) is 12.1 Å². The van der Waals surface area contributed by atoms with Crippen LogP contribution in [0.1, 0.15) is 40.2 Å². The molecule has 1 aliphatic rings. The van der Waals surface area contributed by atoms with Crippen LogP contribution in [0.2, 0.25) is 0 Å². The van der Waals surface area contributed by atoms with Crippen LogP contribution >= 0.6 is 0 Å². The van der Waals surface area contributed by atoms with E-state index in [1.165, 1.54) is 6.08 Å². The van der Waals surface area contributed by atoms with Crippen molar-refractivity contribution >= 4 is 19.2 Å². The summed E-state index contributed by atoms with van der Waals surface area (Å²) in [5, 5.41) is 0. The molecule has 0 N–H and O–H groups in total. The topological polar surface area (TPSA) is 54.0 Å². The van der Waals surface area contributed by atoms with Crippen LogP contribution in [0.4, 0.5) is 4.39 Å². The number of ether oxygens (including phenoxy) is 2. The van der Waals surface area contributed by atoms with Crippen molar-refractivity contribution in [3.8, 4) is 5.75 Å². The molecule has 1 saturated heterocycles. The minimum atomic E-state index is -1.02. The molecule has 2 rings (SSSR count). The molecule has 0 aliphatic carbocycles. The van der Waals surface area contributed by atoms with Gasteiger partial charge in [0.1, 0.15) is 11.5 Å². The zero-order chi connectivity index (χ0) is 18.7. The molecule has 1 aliphatic heterocycles. The van der Waals surface area contributed by atoms with Crippen LogP contribution < -0.4 is 4.74 Å². The minimum absolute atomic E-state index is 0.161. The van der Waals surface area contributed by atoms with Gasteiger partial charge >= 0.3 is 13.1 Å². The van der Waals surface area contributed by atoms with E-state index in [4.69, 9.17) is 18.8 Å². The lowest BCUT2D eigenvalue weighted by Crippen LogP contribution is -2.41. The van der Waals surface area contributed by atoms with Gasteiger partial charge in [-0.25, -0.2) is 9.18 Å². The van der Waals surface area contributed by atoms with Gasteiger partial charge in [0.25, 0.3) is 0 Å². The third kappa shape index (κ3) is 4.83. The van der Waals surface area contributed by atoms with E-state index in [9.17, 15) is 9.18 Å². The van der Waals surface area contributed by atoms with E-state index in [0.29, 0.717) is 17.9 Å². The molecule has 1 aromatic rings. The van der Waals surface area contributed by atoms with Gasteiger partial charge in [-0.2, -0.15) is 0 Å². The average molecular weight is 350 g/mol. The number of carbonyl (C=O) groups excluding carboxylic acids is 1. The Labute approximate surface area is 148 Å². The van der Waals surface area contributed by atoms with Crippen LogP contribution in [-0.4, -0.2) is 37.5 Å². The molecule has 136 valence electrons. The van der Waals surface area contributed by atoms with Gasteiger partial charge in [0.15, 0.2) is 6.61 Å². The lowest BCUT2D eigenvalue weighted by atomic mass is 9.87. The van der Waals surface area contributed by atoms with Crippen molar-refractivity contribution in [3.63, 3.8) is 0 Å². The second-order valence-electron chi connectivity index (χ2n) is 6.78. The van der Waals surface area contributed by atoms with Gasteiger partial charge in [0.2, 0.25) is 0 Å². The number of benzene rings is 1. The summed E-state index contributed by atoms with van der Waals surface area (Å²) in [4.78, 5) is 11.2. The number of halogens is 1. The molecular weight excluding hydrogens is 326 g/mol. The van der Waals surface area contributed by atoms with Gasteiger partial charge in [-0.15, -0.1) is 0 Å². The van der Waals surface area contributed by atoms with Crippen LogP contribution in [-0.2, 0) is 18.8 Å². The predicted molar refractivity (Wildman–Crippen MR) is 93.7 cm³/mol. The second kappa shape index (κ2) is 7.58. The zero-order valence-corrected chi connectivity index (χ0v) is 15.3. The minimum Gasteiger partial charge on any atom is -0.482 e. The van der Waals surface area contributed by atoms with E-state index in [0.717, 1.165) is 0 Å². The Kier molecular flexibility index (Phi) is 5.90. The number of hydrogen-bond acceptors (Lipinski definition) is 5. The molecular formula is C18H24BFO5. The molecule has 0 spiro atoms. The highest BCUT2D eigenvalue weighted by Gasteiger charge is 2.53. The number of carbonyl (C=O) groups is 1. The maximum atomic E-state index is 14.4. The number of hydrogen-bond donors (Lipinski definition) is 0. The Hall–Kier alpha value is -1.86. The summed E-state index contributed by atoms with van der Waals surface area (Å²) in [6, 6.07) is 6.68. The first kappa shape index (κ1) is 19.5. The largest absolute Gasteiger partial charge is 0.525 e. The van der Waals surface area contributed by atoms with Gasteiger partial charge < -0.3 is 18.8 Å². The Morgan fingerprint density at radius 1 is 1.16 bits per heavy atom. The highest BCUT2D eigenvalue weighted by molar-refractivity contribution is 6.54. The second-order valence-corrected chi connectivity index (χ2v) is 6.78. The molecule has 0 unspecified atom stereocenters. The van der Waals surface area contributed by atoms with Crippen LogP contribution in [0.15, 0.2) is 30.0 Å². The van der Waals surface area contributed by atoms with Gasteiger partial charge in [0, 0.05) is 0 Å². The standard InChI is InChI=1S/C18H24BFO5/c1-6-22-16(21)12-23-14-9-7-13(8-10-14)11-15(20)19-24-17(2,3)18(4,5)25-19/h7-11H,6,12H2,1-5H3. The first-order valence-corrected chi connectivity index (χ1v) is 8.26. The molecule has 5 nitrogen and oxygen atoms in total. The van der Waals surface area contributed by atoms with Crippen molar-refractivity contribution in [1.82, 2.24) is 0 Å². The summed E-state index contributed by atoms with van der Waals surface area (Å²) in [5.74, 6) is 0.0690. The van der Waals surface area contributed by atoms with Crippen LogP contribution in [0.3, 0.4) is 0 Å². The van der Waals surface area contributed by atoms with Crippen LogP contribution in [0.25, 0.3) is 6.08 Å². The van der Waals surface area contributed by atoms with E-state index in [-0.39, 0.29) is 6.61 Å². The van der Waals surface area contributed by atoms with E-state index < -0.39 is 30.0 Å². The van der Waals surface area contributed by atoms with Crippen molar-refractivity contribution in [2.24, 2.45) is 0 Å². The number of rotatable bonds is 6. The zero-order valence-electron chi connectivity index (χ0n) is 15.3. The first-order valence-electron chi connectivity index (χ1n) is 8.26. The summed E-state index contributed by atoms with van der Waals surface area (Å²) in [7, 11) is -1.02. The SMILES string of the molecule is CCOC(=O)COc1ccc(C=C(F)B2OC(C)(C)C(C)(C)O2)cc1. The van der Waals surface area contributed by atoms with Crippen molar-refractivity contribution in [2.75, 3.05) is 13.2 Å². The van der Waals surface area contributed by atoms with Crippen LogP contribution in [0.5, 0.6) is 5.75 Å². The Bertz CT molecular complexity index is 623. The van der Waals surface area contributed by atoms with Gasteiger partial charge in [0.05, 0.1) is 17.8 Å². The lowest BCUT2D eigenvalue weighted by molar-refractivity contribution is -0.145. The van der Waals surface area contributed by atoms with Gasteiger partial charge in [-0.3, -0.25) is 0 Å². The third-order valence-corrected chi connectivity index (χ3v) is 4.33. The average Bonchev–Trinajstić information content (AvgIpc) is 2.75. The molecule has 0 atom stereocenters.